The van der Waals surface area contributed by atoms with Gasteiger partial charge in [-0.15, -0.1) is 0 Å². The van der Waals surface area contributed by atoms with E-state index in [2.05, 4.69) is 98.3 Å². The zero-order valence-corrected chi connectivity index (χ0v) is 22.0. The van der Waals surface area contributed by atoms with E-state index in [4.69, 9.17) is 0 Å². The number of aryl methyl sites for hydroxylation is 6. The van der Waals surface area contributed by atoms with Crippen molar-refractivity contribution in [2.24, 2.45) is 0 Å². The van der Waals surface area contributed by atoms with Gasteiger partial charge in [0.1, 0.15) is 0 Å². The molecule has 2 aromatic heterocycles. The number of rotatable bonds is 7. The second kappa shape index (κ2) is 9.17. The zero-order chi connectivity index (χ0) is 24.8. The minimum Gasteiger partial charge on any atom is -0.354 e. The predicted octanol–water partition coefficient (Wildman–Crippen LogP) is 9.53. The van der Waals surface area contributed by atoms with Crippen LogP contribution in [0, 0.1) is 27.7 Å². The van der Waals surface area contributed by atoms with Gasteiger partial charge in [0.05, 0.1) is 0 Å². The Morgan fingerprint density at radius 3 is 1.39 bits per heavy atom. The molecule has 182 valence electrons. The maximum absolute atomic E-state index is 3.73. The van der Waals surface area contributed by atoms with E-state index < -0.39 is 0 Å². The van der Waals surface area contributed by atoms with Crippen LogP contribution in [-0.2, 0) is 12.8 Å². The molecule has 0 atom stereocenters. The molecule has 0 fully saturated rings. The third-order valence-corrected chi connectivity index (χ3v) is 8.05. The van der Waals surface area contributed by atoms with Crippen molar-refractivity contribution in [3.05, 3.63) is 94.0 Å². The van der Waals surface area contributed by atoms with E-state index in [1.54, 1.807) is 0 Å². The van der Waals surface area contributed by atoms with Gasteiger partial charge in [0.25, 0.3) is 0 Å². The SMILES string of the molecule is Cc1ccc2c(c1)[nH]c1c(CCCCCCc3ccc(C)c4c3[nH]c3cc(C)ccc34)ccc(C)c12. The number of unbranched alkanes of at least 4 members (excludes halogenated alkanes) is 3. The number of benzene rings is 4. The summed E-state index contributed by atoms with van der Waals surface area (Å²) in [5, 5.41) is 5.51. The standard InChI is InChI=1S/C34H36N2/c1-21-11-17-27-29(19-21)35-33-25(15-13-23(3)31(27)33)9-7-5-6-8-10-26-16-14-24(4)32-28-18-12-22(2)20-30(28)36-34(26)32/h11-20,35-36H,5-10H2,1-4H3. The normalized spacial score (nSPS) is 12.0. The Kier molecular flexibility index (Phi) is 5.84. The summed E-state index contributed by atoms with van der Waals surface area (Å²) in [6, 6.07) is 22.8. The van der Waals surface area contributed by atoms with Gasteiger partial charge in [-0.2, -0.15) is 0 Å². The molecular weight excluding hydrogens is 436 g/mol. The summed E-state index contributed by atoms with van der Waals surface area (Å²) in [5.41, 5.74) is 13.5. The lowest BCUT2D eigenvalue weighted by Gasteiger charge is -2.08. The highest BCUT2D eigenvalue weighted by atomic mass is 14.7. The van der Waals surface area contributed by atoms with Crippen molar-refractivity contribution in [3.63, 3.8) is 0 Å². The molecule has 36 heavy (non-hydrogen) atoms. The van der Waals surface area contributed by atoms with Crippen molar-refractivity contribution in [2.75, 3.05) is 0 Å². The molecule has 0 radical (unpaired) electrons. The lowest BCUT2D eigenvalue weighted by Crippen LogP contribution is -1.92. The van der Waals surface area contributed by atoms with Crippen molar-refractivity contribution in [2.45, 2.75) is 66.2 Å². The molecule has 4 aromatic carbocycles. The first-order valence-corrected chi connectivity index (χ1v) is 13.5. The van der Waals surface area contributed by atoms with E-state index in [1.165, 1.54) is 103 Å². The van der Waals surface area contributed by atoms with Crippen LogP contribution in [0.3, 0.4) is 0 Å². The van der Waals surface area contributed by atoms with Crippen LogP contribution < -0.4 is 0 Å². The zero-order valence-electron chi connectivity index (χ0n) is 22.0. The van der Waals surface area contributed by atoms with E-state index in [-0.39, 0.29) is 0 Å². The summed E-state index contributed by atoms with van der Waals surface area (Å²) >= 11 is 0. The van der Waals surface area contributed by atoms with Crippen molar-refractivity contribution < 1.29 is 0 Å². The highest BCUT2D eigenvalue weighted by Gasteiger charge is 2.12. The molecule has 2 heteroatoms. The topological polar surface area (TPSA) is 31.6 Å². The van der Waals surface area contributed by atoms with Crippen LogP contribution in [-0.4, -0.2) is 9.97 Å². The Bertz CT molecular complexity index is 1600. The molecule has 0 saturated heterocycles. The lowest BCUT2D eigenvalue weighted by molar-refractivity contribution is 0.642. The number of H-pyrrole nitrogens is 2. The summed E-state index contributed by atoms with van der Waals surface area (Å²) < 4.78 is 0. The number of hydrogen-bond acceptors (Lipinski definition) is 0. The molecule has 0 saturated carbocycles. The van der Waals surface area contributed by atoms with Crippen molar-refractivity contribution >= 4 is 43.6 Å². The third kappa shape index (κ3) is 3.99. The van der Waals surface area contributed by atoms with Gasteiger partial charge in [0.2, 0.25) is 0 Å². The average molecular weight is 473 g/mol. The van der Waals surface area contributed by atoms with E-state index in [1.807, 2.05) is 0 Å². The molecule has 0 unspecified atom stereocenters. The van der Waals surface area contributed by atoms with Gasteiger partial charge in [-0.05, 0) is 98.9 Å². The molecular formula is C34H36N2. The van der Waals surface area contributed by atoms with Crippen LogP contribution in [0.25, 0.3) is 43.6 Å². The van der Waals surface area contributed by atoms with Crippen molar-refractivity contribution in [1.29, 1.82) is 0 Å². The summed E-state index contributed by atoms with van der Waals surface area (Å²) in [6.45, 7) is 8.80. The minimum absolute atomic E-state index is 1.14. The first-order chi connectivity index (χ1) is 17.5. The van der Waals surface area contributed by atoms with Crippen LogP contribution >= 0.6 is 0 Å². The molecule has 0 bridgehead atoms. The van der Waals surface area contributed by atoms with Gasteiger partial charge in [-0.3, -0.25) is 0 Å². The predicted molar refractivity (Wildman–Crippen MR) is 156 cm³/mol. The highest BCUT2D eigenvalue weighted by molar-refractivity contribution is 6.11. The number of fused-ring (bicyclic) bond motifs is 6. The van der Waals surface area contributed by atoms with Crippen molar-refractivity contribution in [3.8, 4) is 0 Å². The lowest BCUT2D eigenvalue weighted by atomic mass is 9.98. The first-order valence-electron chi connectivity index (χ1n) is 13.5. The maximum Gasteiger partial charge on any atom is 0.0500 e. The Labute approximate surface area is 213 Å². The molecule has 0 spiro atoms. The quantitative estimate of drug-likeness (QED) is 0.217. The number of aromatic amines is 2. The average Bonchev–Trinajstić information content (AvgIpc) is 3.43. The molecule has 0 aliphatic rings. The number of aromatic nitrogens is 2. The van der Waals surface area contributed by atoms with Gasteiger partial charge in [-0.1, -0.05) is 61.4 Å². The van der Waals surface area contributed by atoms with Crippen LogP contribution in [0.1, 0.15) is 59.1 Å². The van der Waals surface area contributed by atoms with Gasteiger partial charge < -0.3 is 9.97 Å². The molecule has 0 amide bonds. The van der Waals surface area contributed by atoms with Crippen LogP contribution in [0.2, 0.25) is 0 Å². The van der Waals surface area contributed by atoms with Crippen LogP contribution in [0.15, 0.2) is 60.7 Å². The van der Waals surface area contributed by atoms with Gasteiger partial charge in [0.15, 0.2) is 0 Å². The van der Waals surface area contributed by atoms with Crippen LogP contribution in [0.5, 0.6) is 0 Å². The molecule has 2 nitrogen and oxygen atoms in total. The van der Waals surface area contributed by atoms with E-state index >= 15 is 0 Å². The van der Waals surface area contributed by atoms with Gasteiger partial charge in [-0.25, -0.2) is 0 Å². The number of nitrogens with one attached hydrogen (secondary N) is 2. The smallest absolute Gasteiger partial charge is 0.0500 e. The Morgan fingerprint density at radius 1 is 0.500 bits per heavy atom. The summed E-state index contributed by atoms with van der Waals surface area (Å²) in [7, 11) is 0. The molecule has 6 aromatic rings. The van der Waals surface area contributed by atoms with Gasteiger partial charge >= 0.3 is 0 Å². The fourth-order valence-electron chi connectivity index (χ4n) is 6.11. The molecule has 0 aliphatic heterocycles. The summed E-state index contributed by atoms with van der Waals surface area (Å²) in [5.74, 6) is 0. The minimum atomic E-state index is 1.14. The maximum atomic E-state index is 3.73. The second-order valence-corrected chi connectivity index (χ2v) is 10.8. The fourth-order valence-corrected chi connectivity index (χ4v) is 6.11. The number of hydrogen-bond donors (Lipinski definition) is 2. The first kappa shape index (κ1) is 22.9. The van der Waals surface area contributed by atoms with Crippen LogP contribution in [0.4, 0.5) is 0 Å². The monoisotopic (exact) mass is 472 g/mol. The van der Waals surface area contributed by atoms with E-state index in [0.29, 0.717) is 0 Å². The molecule has 6 rings (SSSR count). The molecule has 2 heterocycles. The summed E-state index contributed by atoms with van der Waals surface area (Å²) in [4.78, 5) is 7.47. The third-order valence-electron chi connectivity index (χ3n) is 8.05. The largest absolute Gasteiger partial charge is 0.354 e. The van der Waals surface area contributed by atoms with E-state index in [9.17, 15) is 0 Å². The van der Waals surface area contributed by atoms with Crippen molar-refractivity contribution in [1.82, 2.24) is 9.97 Å². The Hall–Kier alpha value is -3.52. The summed E-state index contributed by atoms with van der Waals surface area (Å²) in [6.07, 6.45) is 7.30. The highest BCUT2D eigenvalue weighted by Crippen LogP contribution is 2.33. The Balaban J connectivity index is 1.12. The molecule has 0 aliphatic carbocycles. The van der Waals surface area contributed by atoms with E-state index in [0.717, 1.165) is 12.8 Å². The second-order valence-electron chi connectivity index (χ2n) is 10.8. The molecule has 2 N–H and O–H groups in total. The van der Waals surface area contributed by atoms with Gasteiger partial charge in [0, 0.05) is 43.6 Å². The fraction of sp³-hybridized carbons (Fsp3) is 0.294. The Morgan fingerprint density at radius 2 is 0.944 bits per heavy atom.